The summed E-state index contributed by atoms with van der Waals surface area (Å²) in [6.07, 6.45) is 1.44. The first-order valence-corrected chi connectivity index (χ1v) is 4.90. The van der Waals surface area contributed by atoms with Gasteiger partial charge in [-0.3, -0.25) is 4.79 Å². The molecule has 0 fully saturated rings. The van der Waals surface area contributed by atoms with Gasteiger partial charge in [-0.15, -0.1) is 0 Å². The average Bonchev–Trinajstić information content (AvgIpc) is 2.64. The van der Waals surface area contributed by atoms with Crippen LogP contribution in [0.4, 0.5) is 0 Å². The molecular weight excluding hydrogens is 194 g/mol. The third kappa shape index (κ3) is 3.09. The predicted octanol–water partition coefficient (Wildman–Crippen LogP) is 1.42. The number of rotatable bonds is 3. The summed E-state index contributed by atoms with van der Waals surface area (Å²) >= 11 is 0. The van der Waals surface area contributed by atoms with Crippen molar-refractivity contribution < 1.29 is 14.3 Å². The highest BCUT2D eigenvalue weighted by atomic mass is 16.3. The second kappa shape index (κ2) is 4.49. The lowest BCUT2D eigenvalue weighted by Gasteiger charge is -2.29. The van der Waals surface area contributed by atoms with E-state index in [1.165, 1.54) is 6.26 Å². The maximum atomic E-state index is 11.6. The van der Waals surface area contributed by atoms with E-state index in [0.717, 1.165) is 0 Å². The molecule has 0 aliphatic heterocycles. The highest BCUT2D eigenvalue weighted by molar-refractivity contribution is 5.91. The molecule has 0 saturated heterocycles. The number of nitrogens with one attached hydrogen (secondary N) is 1. The first-order chi connectivity index (χ1) is 6.95. The molecule has 1 atom stereocenters. The van der Waals surface area contributed by atoms with Crippen molar-refractivity contribution in [2.75, 3.05) is 6.61 Å². The Morgan fingerprint density at radius 3 is 2.67 bits per heavy atom. The van der Waals surface area contributed by atoms with Crippen LogP contribution < -0.4 is 5.32 Å². The van der Waals surface area contributed by atoms with Crippen molar-refractivity contribution in [2.24, 2.45) is 5.41 Å². The molecule has 0 bridgehead atoms. The number of hydrogen-bond acceptors (Lipinski definition) is 3. The van der Waals surface area contributed by atoms with Gasteiger partial charge in [-0.05, 0) is 17.5 Å². The maximum Gasteiger partial charge on any atom is 0.287 e. The SMILES string of the molecule is CC(C)(C)C(CO)NC(=O)c1ccco1. The van der Waals surface area contributed by atoms with Gasteiger partial charge in [0.25, 0.3) is 5.91 Å². The molecule has 84 valence electrons. The molecule has 1 aromatic heterocycles. The van der Waals surface area contributed by atoms with E-state index >= 15 is 0 Å². The summed E-state index contributed by atoms with van der Waals surface area (Å²) in [6, 6.07) is 2.96. The van der Waals surface area contributed by atoms with Crippen LogP contribution in [0.25, 0.3) is 0 Å². The summed E-state index contributed by atoms with van der Waals surface area (Å²) in [4.78, 5) is 11.6. The van der Waals surface area contributed by atoms with Crippen LogP contribution in [0.5, 0.6) is 0 Å². The van der Waals surface area contributed by atoms with Crippen LogP contribution in [0.3, 0.4) is 0 Å². The Balaban J connectivity index is 2.65. The highest BCUT2D eigenvalue weighted by Crippen LogP contribution is 2.19. The second-order valence-electron chi connectivity index (χ2n) is 4.55. The van der Waals surface area contributed by atoms with Crippen molar-refractivity contribution in [1.82, 2.24) is 5.32 Å². The number of aliphatic hydroxyl groups excluding tert-OH is 1. The first kappa shape index (κ1) is 11.8. The minimum absolute atomic E-state index is 0.0874. The van der Waals surface area contributed by atoms with Crippen LogP contribution >= 0.6 is 0 Å². The van der Waals surface area contributed by atoms with Crippen molar-refractivity contribution in [2.45, 2.75) is 26.8 Å². The van der Waals surface area contributed by atoms with Crippen molar-refractivity contribution >= 4 is 5.91 Å². The number of aliphatic hydroxyl groups is 1. The normalized spacial score (nSPS) is 13.6. The summed E-state index contributed by atoms with van der Waals surface area (Å²) in [5.41, 5.74) is -0.184. The summed E-state index contributed by atoms with van der Waals surface area (Å²) in [7, 11) is 0. The van der Waals surface area contributed by atoms with Crippen LogP contribution in [0.2, 0.25) is 0 Å². The van der Waals surface area contributed by atoms with E-state index in [2.05, 4.69) is 5.32 Å². The molecule has 1 heterocycles. The van der Waals surface area contributed by atoms with E-state index in [9.17, 15) is 4.79 Å². The molecular formula is C11H17NO3. The van der Waals surface area contributed by atoms with Gasteiger partial charge in [0, 0.05) is 0 Å². The zero-order valence-electron chi connectivity index (χ0n) is 9.28. The minimum Gasteiger partial charge on any atom is -0.459 e. The summed E-state index contributed by atoms with van der Waals surface area (Å²) in [5, 5.41) is 11.9. The van der Waals surface area contributed by atoms with E-state index in [1.54, 1.807) is 12.1 Å². The molecule has 0 spiro atoms. The molecule has 1 unspecified atom stereocenters. The Morgan fingerprint density at radius 2 is 2.27 bits per heavy atom. The molecule has 0 aliphatic rings. The lowest BCUT2D eigenvalue weighted by Crippen LogP contribution is -2.46. The van der Waals surface area contributed by atoms with E-state index in [-0.39, 0.29) is 29.7 Å². The van der Waals surface area contributed by atoms with E-state index in [1.807, 2.05) is 20.8 Å². The molecule has 1 aromatic rings. The fourth-order valence-corrected chi connectivity index (χ4v) is 1.17. The molecule has 1 amide bonds. The van der Waals surface area contributed by atoms with Gasteiger partial charge in [0.05, 0.1) is 18.9 Å². The zero-order chi connectivity index (χ0) is 11.5. The van der Waals surface area contributed by atoms with Gasteiger partial charge in [-0.25, -0.2) is 0 Å². The molecule has 0 aromatic carbocycles. The van der Waals surface area contributed by atoms with Gasteiger partial charge >= 0.3 is 0 Å². The van der Waals surface area contributed by atoms with Crippen molar-refractivity contribution in [3.8, 4) is 0 Å². The van der Waals surface area contributed by atoms with Gasteiger partial charge < -0.3 is 14.8 Å². The Labute approximate surface area is 89.3 Å². The number of amides is 1. The zero-order valence-corrected chi connectivity index (χ0v) is 9.28. The van der Waals surface area contributed by atoms with Crippen LogP contribution in [-0.2, 0) is 0 Å². The average molecular weight is 211 g/mol. The lowest BCUT2D eigenvalue weighted by molar-refractivity contribution is 0.0821. The summed E-state index contributed by atoms with van der Waals surface area (Å²) in [5.74, 6) is -0.0355. The van der Waals surface area contributed by atoms with Crippen LogP contribution in [0.1, 0.15) is 31.3 Å². The minimum atomic E-state index is -0.297. The molecule has 1 rings (SSSR count). The van der Waals surface area contributed by atoms with Crippen LogP contribution in [-0.4, -0.2) is 23.7 Å². The van der Waals surface area contributed by atoms with E-state index < -0.39 is 0 Å². The van der Waals surface area contributed by atoms with Gasteiger partial charge in [0.1, 0.15) is 0 Å². The van der Waals surface area contributed by atoms with E-state index in [4.69, 9.17) is 9.52 Å². The fourth-order valence-electron chi connectivity index (χ4n) is 1.17. The third-order valence-electron chi connectivity index (χ3n) is 2.28. The first-order valence-electron chi connectivity index (χ1n) is 4.90. The Bertz CT molecular complexity index is 311. The van der Waals surface area contributed by atoms with Gasteiger partial charge in [0.15, 0.2) is 5.76 Å². The predicted molar refractivity (Wildman–Crippen MR) is 56.5 cm³/mol. The number of carbonyl (C=O) groups is 1. The Hall–Kier alpha value is -1.29. The molecule has 2 N–H and O–H groups in total. The van der Waals surface area contributed by atoms with Crippen molar-refractivity contribution in [1.29, 1.82) is 0 Å². The Kier molecular flexibility index (Phi) is 3.52. The van der Waals surface area contributed by atoms with Gasteiger partial charge in [0.2, 0.25) is 0 Å². The lowest BCUT2D eigenvalue weighted by atomic mass is 9.87. The van der Waals surface area contributed by atoms with Gasteiger partial charge in [-0.1, -0.05) is 20.8 Å². The monoisotopic (exact) mass is 211 g/mol. The molecule has 15 heavy (non-hydrogen) atoms. The molecule has 4 nitrogen and oxygen atoms in total. The second-order valence-corrected chi connectivity index (χ2v) is 4.55. The van der Waals surface area contributed by atoms with Gasteiger partial charge in [-0.2, -0.15) is 0 Å². The fraction of sp³-hybridized carbons (Fsp3) is 0.545. The topological polar surface area (TPSA) is 62.5 Å². The highest BCUT2D eigenvalue weighted by Gasteiger charge is 2.26. The molecule has 0 aliphatic carbocycles. The number of carbonyl (C=O) groups excluding carboxylic acids is 1. The largest absolute Gasteiger partial charge is 0.459 e. The van der Waals surface area contributed by atoms with Crippen LogP contribution in [0, 0.1) is 5.41 Å². The van der Waals surface area contributed by atoms with Crippen molar-refractivity contribution in [3.63, 3.8) is 0 Å². The summed E-state index contributed by atoms with van der Waals surface area (Å²) < 4.78 is 4.96. The molecule has 0 saturated carbocycles. The number of furan rings is 1. The van der Waals surface area contributed by atoms with Crippen LogP contribution in [0.15, 0.2) is 22.8 Å². The summed E-state index contributed by atoms with van der Waals surface area (Å²) in [6.45, 7) is 5.78. The standard InChI is InChI=1S/C11H17NO3/c1-11(2,3)9(7-13)12-10(14)8-5-4-6-15-8/h4-6,9,13H,7H2,1-3H3,(H,12,14). The molecule has 4 heteroatoms. The third-order valence-corrected chi connectivity index (χ3v) is 2.28. The Morgan fingerprint density at radius 1 is 1.60 bits per heavy atom. The smallest absolute Gasteiger partial charge is 0.287 e. The molecule has 0 radical (unpaired) electrons. The quantitative estimate of drug-likeness (QED) is 0.794. The van der Waals surface area contributed by atoms with Crippen molar-refractivity contribution in [3.05, 3.63) is 24.2 Å². The number of hydrogen-bond donors (Lipinski definition) is 2. The van der Waals surface area contributed by atoms with E-state index in [0.29, 0.717) is 0 Å². The maximum absolute atomic E-state index is 11.6.